The number of aryl methyl sites for hydroxylation is 1. The van der Waals surface area contributed by atoms with E-state index in [4.69, 9.17) is 0 Å². The van der Waals surface area contributed by atoms with Gasteiger partial charge in [0.05, 0.1) is 5.75 Å². The maximum absolute atomic E-state index is 11.5. The summed E-state index contributed by atoms with van der Waals surface area (Å²) in [6.45, 7) is 2.36. The fraction of sp³-hybridized carbons (Fsp3) is 0.545. The predicted molar refractivity (Wildman–Crippen MR) is 63.4 cm³/mol. The smallest absolute Gasteiger partial charge is 0.164 e. The molecule has 0 aromatic carbocycles. The lowest BCUT2D eigenvalue weighted by atomic mass is 10.1. The zero-order valence-electron chi connectivity index (χ0n) is 9.64. The molecule has 0 aliphatic heterocycles. The van der Waals surface area contributed by atoms with E-state index in [1.165, 1.54) is 6.26 Å². The van der Waals surface area contributed by atoms with Crippen molar-refractivity contribution in [1.29, 1.82) is 0 Å². The third-order valence-corrected chi connectivity index (χ3v) is 3.19. The van der Waals surface area contributed by atoms with Gasteiger partial charge in [-0.15, -0.1) is 0 Å². The first-order valence-corrected chi connectivity index (χ1v) is 7.35. The fourth-order valence-corrected chi connectivity index (χ4v) is 1.93. The number of ketones is 1. The second kappa shape index (κ2) is 5.30. The van der Waals surface area contributed by atoms with E-state index in [0.29, 0.717) is 18.5 Å². The Labute approximate surface area is 96.2 Å². The van der Waals surface area contributed by atoms with Crippen molar-refractivity contribution in [2.45, 2.75) is 26.3 Å². The van der Waals surface area contributed by atoms with Crippen LogP contribution in [0.2, 0.25) is 0 Å². The van der Waals surface area contributed by atoms with E-state index in [1.807, 2.05) is 6.92 Å². The van der Waals surface area contributed by atoms with Crippen molar-refractivity contribution in [2.75, 3.05) is 12.0 Å². The van der Waals surface area contributed by atoms with Crippen LogP contribution in [0.25, 0.3) is 0 Å². The molecule has 1 aromatic rings. The number of hydrogen-bond acceptors (Lipinski definition) is 3. The van der Waals surface area contributed by atoms with E-state index in [-0.39, 0.29) is 11.5 Å². The lowest BCUT2D eigenvalue weighted by molar-refractivity contribution is 0.0981. The molecule has 90 valence electrons. The molecule has 0 atom stereocenters. The molecule has 1 aromatic heterocycles. The monoisotopic (exact) mass is 243 g/mol. The van der Waals surface area contributed by atoms with Gasteiger partial charge in [-0.05, 0) is 12.5 Å². The summed E-state index contributed by atoms with van der Waals surface area (Å²) in [6, 6.07) is 1.74. The van der Waals surface area contributed by atoms with Crippen LogP contribution in [0.3, 0.4) is 0 Å². The van der Waals surface area contributed by atoms with Crippen molar-refractivity contribution in [3.63, 3.8) is 0 Å². The topological polar surface area (TPSA) is 56.1 Å². The van der Waals surface area contributed by atoms with Crippen molar-refractivity contribution in [2.24, 2.45) is 0 Å². The number of carbonyl (C=O) groups excluding carboxylic acids is 1. The van der Waals surface area contributed by atoms with Crippen LogP contribution in [-0.2, 0) is 16.4 Å². The number of nitrogens with zero attached hydrogens (tertiary/aromatic N) is 1. The first-order chi connectivity index (χ1) is 7.42. The molecule has 16 heavy (non-hydrogen) atoms. The minimum absolute atomic E-state index is 0.100. The van der Waals surface area contributed by atoms with Crippen molar-refractivity contribution in [1.82, 2.24) is 4.57 Å². The maximum atomic E-state index is 11.5. The highest BCUT2D eigenvalue weighted by Crippen LogP contribution is 2.06. The van der Waals surface area contributed by atoms with Crippen LogP contribution < -0.4 is 0 Å². The van der Waals surface area contributed by atoms with E-state index < -0.39 is 9.84 Å². The SMILES string of the molecule is CCCC(=O)c1ccn(CCS(C)(=O)=O)c1. The second-order valence-corrected chi connectivity index (χ2v) is 6.20. The number of sulfone groups is 1. The van der Waals surface area contributed by atoms with Gasteiger partial charge in [-0.3, -0.25) is 4.79 Å². The van der Waals surface area contributed by atoms with Crippen LogP contribution in [0.4, 0.5) is 0 Å². The number of rotatable bonds is 6. The summed E-state index contributed by atoms with van der Waals surface area (Å²) in [5, 5.41) is 0. The second-order valence-electron chi connectivity index (χ2n) is 3.94. The van der Waals surface area contributed by atoms with Crippen LogP contribution in [0.5, 0.6) is 0 Å². The molecule has 0 radical (unpaired) electrons. The molecule has 0 spiro atoms. The predicted octanol–water partition coefficient (Wildman–Crippen LogP) is 1.52. The molecule has 0 aliphatic rings. The Balaban J connectivity index is 2.61. The molecule has 1 heterocycles. The molecule has 0 amide bonds. The van der Waals surface area contributed by atoms with E-state index in [1.54, 1.807) is 23.0 Å². The Morgan fingerprint density at radius 2 is 2.12 bits per heavy atom. The Hall–Kier alpha value is -1.10. The summed E-state index contributed by atoms with van der Waals surface area (Å²) in [4.78, 5) is 11.5. The lowest BCUT2D eigenvalue weighted by Crippen LogP contribution is -2.09. The zero-order chi connectivity index (χ0) is 12.2. The van der Waals surface area contributed by atoms with Crippen molar-refractivity contribution >= 4 is 15.6 Å². The van der Waals surface area contributed by atoms with Gasteiger partial charge in [0.15, 0.2) is 5.78 Å². The summed E-state index contributed by atoms with van der Waals surface area (Å²) < 4.78 is 23.7. The molecule has 0 unspecified atom stereocenters. The van der Waals surface area contributed by atoms with E-state index in [9.17, 15) is 13.2 Å². The molecule has 0 saturated heterocycles. The fourth-order valence-electron chi connectivity index (χ4n) is 1.39. The maximum Gasteiger partial charge on any atom is 0.164 e. The van der Waals surface area contributed by atoms with E-state index >= 15 is 0 Å². The van der Waals surface area contributed by atoms with Crippen molar-refractivity contribution < 1.29 is 13.2 Å². The summed E-state index contributed by atoms with van der Waals surface area (Å²) in [7, 11) is -2.95. The molecule has 0 bridgehead atoms. The third-order valence-electron chi connectivity index (χ3n) is 2.27. The van der Waals surface area contributed by atoms with E-state index in [0.717, 1.165) is 6.42 Å². The van der Waals surface area contributed by atoms with Crippen LogP contribution in [0, 0.1) is 0 Å². The minimum Gasteiger partial charge on any atom is -0.352 e. The van der Waals surface area contributed by atoms with Gasteiger partial charge in [0.25, 0.3) is 0 Å². The van der Waals surface area contributed by atoms with Crippen molar-refractivity contribution in [3.8, 4) is 0 Å². The quantitative estimate of drug-likeness (QED) is 0.712. The highest BCUT2D eigenvalue weighted by atomic mass is 32.2. The molecule has 0 N–H and O–H groups in total. The molecular weight excluding hydrogens is 226 g/mol. The standard InChI is InChI=1S/C11H17NO3S/c1-3-4-11(13)10-5-6-12(9-10)7-8-16(2,14)15/h5-6,9H,3-4,7-8H2,1-2H3. The van der Waals surface area contributed by atoms with Crippen LogP contribution in [-0.4, -0.2) is 30.8 Å². The van der Waals surface area contributed by atoms with Gasteiger partial charge in [0.2, 0.25) is 0 Å². The van der Waals surface area contributed by atoms with Gasteiger partial charge < -0.3 is 4.57 Å². The molecule has 0 saturated carbocycles. The van der Waals surface area contributed by atoms with E-state index in [2.05, 4.69) is 0 Å². The Bertz CT molecular complexity index is 459. The van der Waals surface area contributed by atoms with Crippen LogP contribution >= 0.6 is 0 Å². The average molecular weight is 243 g/mol. The van der Waals surface area contributed by atoms with Gasteiger partial charge in [-0.2, -0.15) is 0 Å². The molecule has 0 aliphatic carbocycles. The number of hydrogen-bond donors (Lipinski definition) is 0. The molecule has 4 nitrogen and oxygen atoms in total. The van der Waals surface area contributed by atoms with Crippen LogP contribution in [0.15, 0.2) is 18.5 Å². The minimum atomic E-state index is -2.95. The summed E-state index contributed by atoms with van der Waals surface area (Å²) in [6.07, 6.45) is 6.03. The van der Waals surface area contributed by atoms with Gasteiger partial charge in [0.1, 0.15) is 9.84 Å². The first-order valence-electron chi connectivity index (χ1n) is 5.29. The lowest BCUT2D eigenvalue weighted by Gasteiger charge is -2.00. The normalized spacial score (nSPS) is 11.6. The Morgan fingerprint density at radius 1 is 1.44 bits per heavy atom. The zero-order valence-corrected chi connectivity index (χ0v) is 10.5. The van der Waals surface area contributed by atoms with Crippen LogP contribution in [0.1, 0.15) is 30.1 Å². The van der Waals surface area contributed by atoms with Gasteiger partial charge in [0, 0.05) is 37.2 Å². The molecular formula is C11H17NO3S. The number of Topliss-reactive ketones (excluding diaryl/α,β-unsaturated/α-hetero) is 1. The average Bonchev–Trinajstić information content (AvgIpc) is 2.62. The van der Waals surface area contributed by atoms with Gasteiger partial charge in [-0.25, -0.2) is 8.42 Å². The molecule has 1 rings (SSSR count). The third kappa shape index (κ3) is 4.18. The summed E-state index contributed by atoms with van der Waals surface area (Å²) >= 11 is 0. The van der Waals surface area contributed by atoms with Gasteiger partial charge in [-0.1, -0.05) is 6.92 Å². The highest BCUT2D eigenvalue weighted by molar-refractivity contribution is 7.90. The molecule has 5 heteroatoms. The Morgan fingerprint density at radius 3 is 2.69 bits per heavy atom. The number of aromatic nitrogens is 1. The van der Waals surface area contributed by atoms with Gasteiger partial charge >= 0.3 is 0 Å². The number of carbonyl (C=O) groups is 1. The first kappa shape index (κ1) is 13.0. The van der Waals surface area contributed by atoms with Crippen molar-refractivity contribution in [3.05, 3.63) is 24.0 Å². The Kier molecular flexibility index (Phi) is 4.29. The summed E-state index contributed by atoms with van der Waals surface area (Å²) in [5.41, 5.74) is 0.662. The highest BCUT2D eigenvalue weighted by Gasteiger charge is 2.07. The largest absolute Gasteiger partial charge is 0.352 e. The summed E-state index contributed by atoms with van der Waals surface area (Å²) in [5.74, 6) is 0.212. The molecule has 0 fully saturated rings.